The van der Waals surface area contributed by atoms with E-state index in [4.69, 9.17) is 34.2 Å². The first-order chi connectivity index (χ1) is 30.8. The SMILES string of the molecule is CC(=O)NC1C(=O)C(O)C(CO)OC1OCCOCCn1cc(CN(CCCCCC(=O)NCCN)Cc2cn(CCOCCOC3OC(CO)C(O)C(O)C3NC(C)=O)nn2)nn1. The number of aliphatic hydroxyl groups is 5. The van der Waals surface area contributed by atoms with Crippen molar-refractivity contribution in [1.82, 2.24) is 50.8 Å². The average Bonchev–Trinajstić information content (AvgIpc) is 3.92. The highest BCUT2D eigenvalue weighted by molar-refractivity contribution is 5.92. The third-order valence-electron chi connectivity index (χ3n) is 10.1. The van der Waals surface area contributed by atoms with Crippen molar-refractivity contribution in [2.45, 2.75) is 121 Å². The number of nitrogens with one attached hydrogen (secondary N) is 3. The minimum atomic E-state index is -1.60. The van der Waals surface area contributed by atoms with Crippen LogP contribution in [0.15, 0.2) is 12.4 Å². The second-order valence-electron chi connectivity index (χ2n) is 15.3. The van der Waals surface area contributed by atoms with Crippen LogP contribution in [0.1, 0.15) is 50.9 Å². The molecule has 3 amide bonds. The van der Waals surface area contributed by atoms with Crippen LogP contribution in [0, 0.1) is 0 Å². The lowest BCUT2D eigenvalue weighted by atomic mass is 9.97. The molecule has 26 nitrogen and oxygen atoms in total. The second-order valence-corrected chi connectivity index (χ2v) is 15.3. The molecule has 0 aromatic carbocycles. The van der Waals surface area contributed by atoms with Crippen LogP contribution in [0.3, 0.4) is 0 Å². The Balaban J connectivity index is 1.22. The number of Topliss-reactive ketones (excluding diaryl/α,β-unsaturated/α-hetero) is 1. The Morgan fingerprint density at radius 3 is 1.92 bits per heavy atom. The molecular weight excluding hydrogens is 850 g/mol. The van der Waals surface area contributed by atoms with E-state index in [9.17, 15) is 44.7 Å². The van der Waals surface area contributed by atoms with Crippen LogP contribution >= 0.6 is 0 Å². The number of rotatable bonds is 30. The molecule has 4 heterocycles. The molecule has 2 aromatic rings. The zero-order valence-electron chi connectivity index (χ0n) is 36.3. The molecule has 2 aliphatic heterocycles. The normalized spacial score (nSPS) is 24.8. The molecule has 0 saturated carbocycles. The summed E-state index contributed by atoms with van der Waals surface area (Å²) >= 11 is 0. The van der Waals surface area contributed by atoms with Crippen molar-refractivity contribution in [2.75, 3.05) is 72.5 Å². The van der Waals surface area contributed by atoms with Crippen LogP contribution in [0.2, 0.25) is 0 Å². The van der Waals surface area contributed by atoms with Gasteiger partial charge in [-0.1, -0.05) is 16.8 Å². The van der Waals surface area contributed by atoms with Gasteiger partial charge in [0.2, 0.25) is 17.7 Å². The number of ether oxygens (including phenoxy) is 6. The molecule has 9 atom stereocenters. The molecule has 2 fully saturated rings. The molecule has 2 aliphatic rings. The summed E-state index contributed by atoms with van der Waals surface area (Å²) in [5, 5.41) is 74.5. The lowest BCUT2D eigenvalue weighted by molar-refractivity contribution is -0.272. The van der Waals surface area contributed by atoms with Crippen LogP contribution in [0.25, 0.3) is 0 Å². The first kappa shape index (κ1) is 52.5. The predicted octanol–water partition coefficient (Wildman–Crippen LogP) is -5.33. The Morgan fingerprint density at radius 2 is 1.36 bits per heavy atom. The maximum absolute atomic E-state index is 12.5. The summed E-state index contributed by atoms with van der Waals surface area (Å²) in [7, 11) is 0. The first-order valence-corrected chi connectivity index (χ1v) is 21.3. The molecule has 0 aliphatic carbocycles. The quantitative estimate of drug-likeness (QED) is 0.0330. The fourth-order valence-corrected chi connectivity index (χ4v) is 6.85. The maximum Gasteiger partial charge on any atom is 0.220 e. The molecule has 0 bridgehead atoms. The number of nitrogens with zero attached hydrogens (tertiary/aromatic N) is 7. The number of ketones is 1. The van der Waals surface area contributed by atoms with E-state index in [2.05, 4.69) is 41.5 Å². The number of hydrogen-bond acceptors (Lipinski definition) is 21. The molecule has 4 rings (SSSR count). The van der Waals surface area contributed by atoms with Gasteiger partial charge in [-0.2, -0.15) is 0 Å². The van der Waals surface area contributed by atoms with Crippen molar-refractivity contribution in [3.63, 3.8) is 0 Å². The molecule has 2 aromatic heterocycles. The summed E-state index contributed by atoms with van der Waals surface area (Å²) in [5.74, 6) is -1.72. The number of nitrogens with two attached hydrogens (primary N) is 1. The number of hydrogen-bond donors (Lipinski definition) is 9. The van der Waals surface area contributed by atoms with Gasteiger partial charge >= 0.3 is 0 Å². The van der Waals surface area contributed by atoms with Gasteiger partial charge in [0.15, 0.2) is 18.4 Å². The first-order valence-electron chi connectivity index (χ1n) is 21.3. The van der Waals surface area contributed by atoms with E-state index >= 15 is 0 Å². The highest BCUT2D eigenvalue weighted by Gasteiger charge is 2.46. The Bertz CT molecular complexity index is 1710. The van der Waals surface area contributed by atoms with Crippen LogP contribution in [-0.4, -0.2) is 212 Å². The minimum absolute atomic E-state index is 0.00393. The van der Waals surface area contributed by atoms with Gasteiger partial charge < -0.3 is 75.6 Å². The summed E-state index contributed by atoms with van der Waals surface area (Å²) in [4.78, 5) is 50.0. The number of carbonyl (C=O) groups is 4. The molecule has 26 heteroatoms. The average molecular weight is 916 g/mol. The number of aromatic nitrogens is 6. The standard InChI is InChI=1S/C38H65N11O15/c1-24(52)41-31-35(57)33(55)28(22-50)63-37(31)61-16-14-59-12-10-48-20-26(43-45-48)18-47(9-5-3-4-6-30(54)40-8-7-39)19-27-21-49(46-44-27)11-13-60-15-17-62-38-32(42-25(2)53)36(58)34(56)29(23-51)64-38/h20-21,28-29,31-35,37-38,50-51,55-57H,3-19,22-23,39H2,1-2H3,(H,40,54)(H,41,52)(H,42,53). The Kier molecular flexibility index (Phi) is 23.0. The molecule has 10 N–H and O–H groups in total. The van der Waals surface area contributed by atoms with Crippen LogP contribution in [-0.2, 0) is 73.8 Å². The van der Waals surface area contributed by atoms with Crippen LogP contribution in [0.5, 0.6) is 0 Å². The number of carbonyl (C=O) groups excluding carboxylic acids is 4. The predicted molar refractivity (Wildman–Crippen MR) is 218 cm³/mol. The van der Waals surface area contributed by atoms with Crippen molar-refractivity contribution < 1.29 is 73.1 Å². The monoisotopic (exact) mass is 915 g/mol. The smallest absolute Gasteiger partial charge is 0.220 e. The third-order valence-corrected chi connectivity index (χ3v) is 10.1. The molecule has 2 saturated heterocycles. The molecule has 64 heavy (non-hydrogen) atoms. The van der Waals surface area contributed by atoms with Crippen LogP contribution < -0.4 is 21.7 Å². The van der Waals surface area contributed by atoms with Crippen molar-refractivity contribution in [1.29, 1.82) is 0 Å². The van der Waals surface area contributed by atoms with Crippen molar-refractivity contribution in [3.05, 3.63) is 23.8 Å². The fourth-order valence-electron chi connectivity index (χ4n) is 6.85. The van der Waals surface area contributed by atoms with Gasteiger partial charge in [-0.3, -0.25) is 24.1 Å². The van der Waals surface area contributed by atoms with Gasteiger partial charge in [0.1, 0.15) is 42.6 Å². The van der Waals surface area contributed by atoms with E-state index in [1.54, 1.807) is 9.36 Å². The highest BCUT2D eigenvalue weighted by atomic mass is 16.7. The Morgan fingerprint density at radius 1 is 0.781 bits per heavy atom. The summed E-state index contributed by atoms with van der Waals surface area (Å²) in [6.07, 6.45) is -2.65. The van der Waals surface area contributed by atoms with Gasteiger partial charge in [-0.15, -0.1) is 10.2 Å². The molecule has 0 spiro atoms. The molecule has 362 valence electrons. The summed E-state index contributed by atoms with van der Waals surface area (Å²) < 4.78 is 37.0. The van der Waals surface area contributed by atoms with Gasteiger partial charge in [-0.05, 0) is 19.4 Å². The second kappa shape index (κ2) is 28.0. The van der Waals surface area contributed by atoms with E-state index in [0.717, 1.165) is 19.3 Å². The van der Waals surface area contributed by atoms with E-state index in [1.807, 2.05) is 12.4 Å². The van der Waals surface area contributed by atoms with Crippen molar-refractivity contribution in [2.24, 2.45) is 5.73 Å². The third kappa shape index (κ3) is 17.3. The fraction of sp³-hybridized carbons (Fsp3) is 0.789. The van der Waals surface area contributed by atoms with E-state index in [1.165, 1.54) is 13.8 Å². The van der Waals surface area contributed by atoms with Crippen LogP contribution in [0.4, 0.5) is 0 Å². The van der Waals surface area contributed by atoms with E-state index in [-0.39, 0.29) is 45.5 Å². The lowest BCUT2D eigenvalue weighted by Gasteiger charge is -2.42. The van der Waals surface area contributed by atoms with Crippen molar-refractivity contribution >= 4 is 23.5 Å². The summed E-state index contributed by atoms with van der Waals surface area (Å²) in [6, 6.07) is -2.29. The topological polar surface area (TPSA) is 352 Å². The zero-order valence-corrected chi connectivity index (χ0v) is 36.3. The van der Waals surface area contributed by atoms with Gasteiger partial charge in [-0.25, -0.2) is 9.36 Å². The summed E-state index contributed by atoms with van der Waals surface area (Å²) in [5.41, 5.74) is 6.89. The van der Waals surface area contributed by atoms with Gasteiger partial charge in [0, 0.05) is 58.8 Å². The largest absolute Gasteiger partial charge is 0.394 e. The molecule has 0 radical (unpaired) electrons. The Labute approximate surface area is 370 Å². The number of amides is 3. The van der Waals surface area contributed by atoms with Gasteiger partial charge in [0.05, 0.1) is 77.3 Å². The maximum atomic E-state index is 12.5. The Hall–Kier alpha value is -4.16. The number of unbranched alkanes of at least 4 members (excludes halogenated alkanes) is 2. The zero-order chi connectivity index (χ0) is 46.4. The molecular formula is C38H65N11O15. The lowest BCUT2D eigenvalue weighted by Crippen LogP contribution is -2.64. The highest BCUT2D eigenvalue weighted by Crippen LogP contribution is 2.22. The van der Waals surface area contributed by atoms with Crippen molar-refractivity contribution in [3.8, 4) is 0 Å². The molecule has 9 unspecified atom stereocenters. The summed E-state index contributed by atoms with van der Waals surface area (Å²) in [6.45, 7) is 5.26. The van der Waals surface area contributed by atoms with E-state index < -0.39 is 86.0 Å². The number of aliphatic hydroxyl groups excluding tert-OH is 5. The minimum Gasteiger partial charge on any atom is -0.394 e. The van der Waals surface area contributed by atoms with Gasteiger partial charge in [0.25, 0.3) is 0 Å². The van der Waals surface area contributed by atoms with E-state index in [0.29, 0.717) is 63.6 Å².